The number of carbonyl (C=O) groups excluding carboxylic acids is 1. The second kappa shape index (κ2) is 6.19. The number of carbonyl (C=O) groups is 1. The number of rotatable bonds is 4. The predicted molar refractivity (Wildman–Crippen MR) is 69.8 cm³/mol. The van der Waals surface area contributed by atoms with Crippen molar-refractivity contribution < 1.29 is 4.79 Å². The molecule has 1 amide bonds. The van der Waals surface area contributed by atoms with Gasteiger partial charge in [0.2, 0.25) is 5.91 Å². The molecule has 0 aromatic carbocycles. The van der Waals surface area contributed by atoms with Gasteiger partial charge < -0.3 is 10.2 Å². The van der Waals surface area contributed by atoms with Gasteiger partial charge in [-0.15, -0.1) is 0 Å². The van der Waals surface area contributed by atoms with Crippen LogP contribution in [0.25, 0.3) is 0 Å². The van der Waals surface area contributed by atoms with Crippen molar-refractivity contribution >= 4 is 5.91 Å². The fourth-order valence-electron chi connectivity index (χ4n) is 3.34. The maximum Gasteiger partial charge on any atom is 0.239 e. The van der Waals surface area contributed by atoms with Crippen LogP contribution in [-0.4, -0.2) is 36.0 Å². The molecule has 1 saturated heterocycles. The van der Waals surface area contributed by atoms with E-state index in [1.54, 1.807) is 0 Å². The van der Waals surface area contributed by atoms with Crippen molar-refractivity contribution in [3.05, 3.63) is 0 Å². The summed E-state index contributed by atoms with van der Waals surface area (Å²) in [6.45, 7) is 3.25. The van der Waals surface area contributed by atoms with Crippen LogP contribution in [0.5, 0.6) is 0 Å². The molecule has 0 aromatic heterocycles. The first kappa shape index (κ1) is 13.4. The Balaban J connectivity index is 1.91. The lowest BCUT2D eigenvalue weighted by Gasteiger charge is -2.24. The molecule has 2 rings (SSSR count). The van der Waals surface area contributed by atoms with Crippen LogP contribution in [0.2, 0.25) is 0 Å². The van der Waals surface area contributed by atoms with Crippen molar-refractivity contribution in [3.63, 3.8) is 0 Å². The van der Waals surface area contributed by atoms with Crippen molar-refractivity contribution in [3.8, 4) is 6.07 Å². The summed E-state index contributed by atoms with van der Waals surface area (Å²) in [7, 11) is 0. The molecule has 2 fully saturated rings. The minimum Gasteiger partial charge on any atom is -0.341 e. The Morgan fingerprint density at radius 1 is 1.44 bits per heavy atom. The number of amides is 1. The van der Waals surface area contributed by atoms with E-state index < -0.39 is 0 Å². The van der Waals surface area contributed by atoms with E-state index in [4.69, 9.17) is 5.26 Å². The SMILES string of the molecule is CCN(CCC#N)C(=O)C1CC2CCCCC2N1. The summed E-state index contributed by atoms with van der Waals surface area (Å²) in [6.07, 6.45) is 6.52. The standard InChI is InChI=1S/C14H23N3O/c1-2-17(9-5-8-15)14(18)13-10-11-6-3-4-7-12(11)16-13/h11-13,16H,2-7,9-10H2,1H3. The summed E-state index contributed by atoms with van der Waals surface area (Å²) in [5.41, 5.74) is 0. The molecule has 0 aromatic rings. The Kier molecular flexibility index (Phi) is 4.60. The van der Waals surface area contributed by atoms with Crippen LogP contribution < -0.4 is 5.32 Å². The molecule has 0 radical (unpaired) electrons. The van der Waals surface area contributed by atoms with Gasteiger partial charge in [-0.3, -0.25) is 4.79 Å². The predicted octanol–water partition coefficient (Wildman–Crippen LogP) is 1.67. The van der Waals surface area contributed by atoms with Crippen molar-refractivity contribution in [1.29, 1.82) is 5.26 Å². The molecule has 18 heavy (non-hydrogen) atoms. The third-order valence-electron chi connectivity index (χ3n) is 4.35. The zero-order valence-corrected chi connectivity index (χ0v) is 11.2. The average Bonchev–Trinajstić information content (AvgIpc) is 2.83. The van der Waals surface area contributed by atoms with Gasteiger partial charge in [-0.2, -0.15) is 5.26 Å². The van der Waals surface area contributed by atoms with Crippen LogP contribution in [0.1, 0.15) is 45.4 Å². The monoisotopic (exact) mass is 249 g/mol. The van der Waals surface area contributed by atoms with Crippen molar-refractivity contribution in [2.24, 2.45) is 5.92 Å². The van der Waals surface area contributed by atoms with E-state index in [1.165, 1.54) is 25.7 Å². The lowest BCUT2D eigenvalue weighted by molar-refractivity contribution is -0.132. The van der Waals surface area contributed by atoms with Crippen LogP contribution in [0, 0.1) is 17.2 Å². The summed E-state index contributed by atoms with van der Waals surface area (Å²) in [4.78, 5) is 14.2. The van der Waals surface area contributed by atoms with Gasteiger partial charge in [-0.25, -0.2) is 0 Å². The number of nitrogens with one attached hydrogen (secondary N) is 1. The van der Waals surface area contributed by atoms with E-state index in [-0.39, 0.29) is 11.9 Å². The molecule has 4 nitrogen and oxygen atoms in total. The van der Waals surface area contributed by atoms with Crippen molar-refractivity contribution in [2.45, 2.75) is 57.5 Å². The molecule has 0 bridgehead atoms. The second-order valence-corrected chi connectivity index (χ2v) is 5.43. The first-order valence-electron chi connectivity index (χ1n) is 7.18. The minimum atomic E-state index is -0.00302. The minimum absolute atomic E-state index is 0.00302. The Labute approximate surface area is 109 Å². The molecule has 1 saturated carbocycles. The summed E-state index contributed by atoms with van der Waals surface area (Å²) in [5, 5.41) is 12.1. The topological polar surface area (TPSA) is 56.1 Å². The van der Waals surface area contributed by atoms with E-state index in [0.29, 0.717) is 31.5 Å². The first-order valence-corrected chi connectivity index (χ1v) is 7.18. The molecule has 4 heteroatoms. The van der Waals surface area contributed by atoms with E-state index in [1.807, 2.05) is 11.8 Å². The molecule has 0 spiro atoms. The van der Waals surface area contributed by atoms with Crippen LogP contribution >= 0.6 is 0 Å². The third-order valence-corrected chi connectivity index (χ3v) is 4.35. The van der Waals surface area contributed by atoms with Crippen LogP contribution in [0.3, 0.4) is 0 Å². The molecule has 1 aliphatic heterocycles. The lowest BCUT2D eigenvalue weighted by Crippen LogP contribution is -2.45. The average molecular weight is 249 g/mol. The highest BCUT2D eigenvalue weighted by molar-refractivity contribution is 5.82. The number of hydrogen-bond donors (Lipinski definition) is 1. The quantitative estimate of drug-likeness (QED) is 0.824. The van der Waals surface area contributed by atoms with E-state index in [2.05, 4.69) is 11.4 Å². The number of likely N-dealkylation sites (N-methyl/N-ethyl adjacent to an activating group) is 1. The molecule has 3 unspecified atom stereocenters. The van der Waals surface area contributed by atoms with Gasteiger partial charge in [0.25, 0.3) is 0 Å². The van der Waals surface area contributed by atoms with Crippen molar-refractivity contribution in [1.82, 2.24) is 10.2 Å². The lowest BCUT2D eigenvalue weighted by atomic mass is 9.85. The molecule has 3 atom stereocenters. The van der Waals surface area contributed by atoms with Crippen LogP contribution in [0.15, 0.2) is 0 Å². The summed E-state index contributed by atoms with van der Waals surface area (Å²) >= 11 is 0. The highest BCUT2D eigenvalue weighted by Crippen LogP contribution is 2.33. The first-order chi connectivity index (χ1) is 8.76. The summed E-state index contributed by atoms with van der Waals surface area (Å²) < 4.78 is 0. The zero-order chi connectivity index (χ0) is 13.0. The maximum absolute atomic E-state index is 12.4. The second-order valence-electron chi connectivity index (χ2n) is 5.43. The smallest absolute Gasteiger partial charge is 0.239 e. The normalized spacial score (nSPS) is 30.6. The number of hydrogen-bond acceptors (Lipinski definition) is 3. The van der Waals surface area contributed by atoms with Crippen LogP contribution in [0.4, 0.5) is 0 Å². The fraction of sp³-hybridized carbons (Fsp3) is 0.857. The zero-order valence-electron chi connectivity index (χ0n) is 11.2. The molecule has 1 heterocycles. The number of nitrogens with zero attached hydrogens (tertiary/aromatic N) is 2. The van der Waals surface area contributed by atoms with Crippen LogP contribution in [-0.2, 0) is 4.79 Å². The third kappa shape index (κ3) is 2.84. The molecule has 1 N–H and O–H groups in total. The van der Waals surface area contributed by atoms with E-state index in [9.17, 15) is 4.79 Å². The highest BCUT2D eigenvalue weighted by atomic mass is 16.2. The maximum atomic E-state index is 12.4. The Morgan fingerprint density at radius 2 is 2.22 bits per heavy atom. The van der Waals surface area contributed by atoms with Gasteiger partial charge in [-0.1, -0.05) is 12.8 Å². The van der Waals surface area contributed by atoms with Gasteiger partial charge in [0, 0.05) is 19.1 Å². The molecular formula is C14H23N3O. The fourth-order valence-corrected chi connectivity index (χ4v) is 3.34. The Bertz CT molecular complexity index is 322. The number of nitriles is 1. The Hall–Kier alpha value is -1.08. The van der Waals surface area contributed by atoms with Gasteiger partial charge in [-0.05, 0) is 32.1 Å². The van der Waals surface area contributed by atoms with E-state index >= 15 is 0 Å². The van der Waals surface area contributed by atoms with Gasteiger partial charge in [0.15, 0.2) is 0 Å². The molecule has 100 valence electrons. The molecular weight excluding hydrogens is 226 g/mol. The van der Waals surface area contributed by atoms with E-state index in [0.717, 1.165) is 6.42 Å². The number of fused-ring (bicyclic) bond motifs is 1. The molecule has 2 aliphatic rings. The van der Waals surface area contributed by atoms with Crippen molar-refractivity contribution in [2.75, 3.05) is 13.1 Å². The summed E-state index contributed by atoms with van der Waals surface area (Å²) in [6, 6.07) is 2.67. The Morgan fingerprint density at radius 3 is 2.89 bits per heavy atom. The highest BCUT2D eigenvalue weighted by Gasteiger charge is 2.39. The summed E-state index contributed by atoms with van der Waals surface area (Å²) in [5.74, 6) is 0.893. The van der Waals surface area contributed by atoms with Gasteiger partial charge in [0.1, 0.15) is 0 Å². The van der Waals surface area contributed by atoms with Gasteiger partial charge >= 0.3 is 0 Å². The van der Waals surface area contributed by atoms with Gasteiger partial charge in [0.05, 0.1) is 18.5 Å². The molecule has 1 aliphatic carbocycles. The largest absolute Gasteiger partial charge is 0.341 e.